The van der Waals surface area contributed by atoms with Gasteiger partial charge in [-0.3, -0.25) is 0 Å². The molecule has 0 saturated carbocycles. The van der Waals surface area contributed by atoms with Crippen LogP contribution in [0.3, 0.4) is 0 Å². The third kappa shape index (κ3) is 2.95. The first-order valence-corrected chi connectivity index (χ1v) is 6.31. The van der Waals surface area contributed by atoms with Crippen LogP contribution >= 0.6 is 38.5 Å². The fourth-order valence-corrected chi connectivity index (χ4v) is 1.96. The second-order valence-corrected chi connectivity index (χ2v) is 5.07. The smallest absolute Gasteiger partial charge is 0.141 e. The average Bonchev–Trinajstić information content (AvgIpc) is 2.25. The van der Waals surface area contributed by atoms with E-state index in [9.17, 15) is 0 Å². The predicted octanol–water partition coefficient (Wildman–Crippen LogP) is 4.85. The molecule has 0 aliphatic heterocycles. The Bertz CT molecular complexity index is 456. The molecule has 2 aromatic rings. The highest BCUT2D eigenvalue weighted by molar-refractivity contribution is 14.1. The van der Waals surface area contributed by atoms with Gasteiger partial charge in [-0.05, 0) is 52.9 Å². The van der Waals surface area contributed by atoms with E-state index >= 15 is 0 Å². The van der Waals surface area contributed by atoms with Crippen molar-refractivity contribution in [3.8, 4) is 11.5 Å². The van der Waals surface area contributed by atoms with Gasteiger partial charge in [0.05, 0.1) is 3.57 Å². The number of para-hydroxylation sites is 1. The third-order valence-corrected chi connectivity index (χ3v) is 3.25. The zero-order valence-corrected chi connectivity index (χ0v) is 11.5. The van der Waals surface area contributed by atoms with Crippen LogP contribution in [0.5, 0.6) is 11.5 Å². The van der Waals surface area contributed by atoms with Gasteiger partial charge in [0.1, 0.15) is 11.5 Å². The van der Waals surface area contributed by atoms with Crippen LogP contribution in [-0.2, 0) is 0 Å². The van der Waals surface area contributed by atoms with Gasteiger partial charge in [-0.15, -0.1) is 0 Å². The lowest BCUT2D eigenvalue weighted by Crippen LogP contribution is -1.86. The second-order valence-electron chi connectivity index (χ2n) is 2.99. The average molecular weight is 375 g/mol. The maximum Gasteiger partial charge on any atom is 0.141 e. The molecule has 1 nitrogen and oxygen atoms in total. The van der Waals surface area contributed by atoms with Crippen molar-refractivity contribution in [1.29, 1.82) is 0 Å². The molecule has 0 unspecified atom stereocenters. The highest BCUT2D eigenvalue weighted by atomic mass is 127. The number of halogens is 2. The van der Waals surface area contributed by atoms with Crippen LogP contribution in [0.2, 0.25) is 0 Å². The summed E-state index contributed by atoms with van der Waals surface area (Å²) in [4.78, 5) is 0. The summed E-state index contributed by atoms with van der Waals surface area (Å²) in [6, 6.07) is 15.8. The van der Waals surface area contributed by atoms with E-state index in [1.165, 1.54) is 0 Å². The van der Waals surface area contributed by atoms with E-state index in [2.05, 4.69) is 38.5 Å². The molecule has 0 atom stereocenters. The zero-order valence-electron chi connectivity index (χ0n) is 7.78. The lowest BCUT2D eigenvalue weighted by atomic mass is 10.3. The molecule has 76 valence electrons. The second kappa shape index (κ2) is 4.99. The Balaban J connectivity index is 2.28. The Morgan fingerprint density at radius 2 is 1.73 bits per heavy atom. The Kier molecular flexibility index (Phi) is 3.64. The summed E-state index contributed by atoms with van der Waals surface area (Å²) in [5, 5.41) is 0. The van der Waals surface area contributed by atoms with Crippen molar-refractivity contribution < 1.29 is 4.74 Å². The molecular formula is C12H8BrIO. The van der Waals surface area contributed by atoms with E-state index in [1.807, 2.05) is 48.5 Å². The summed E-state index contributed by atoms with van der Waals surface area (Å²) in [5.41, 5.74) is 0. The maximum absolute atomic E-state index is 5.75. The molecule has 3 heteroatoms. The van der Waals surface area contributed by atoms with Crippen molar-refractivity contribution in [2.45, 2.75) is 0 Å². The molecule has 0 bridgehead atoms. The summed E-state index contributed by atoms with van der Waals surface area (Å²) < 4.78 is 7.87. The lowest BCUT2D eigenvalue weighted by molar-refractivity contribution is 0.479. The van der Waals surface area contributed by atoms with Crippen molar-refractivity contribution >= 4 is 38.5 Å². The Labute approximate surface area is 111 Å². The minimum Gasteiger partial charge on any atom is -0.456 e. The molecule has 2 rings (SSSR count). The van der Waals surface area contributed by atoms with Gasteiger partial charge in [0.25, 0.3) is 0 Å². The van der Waals surface area contributed by atoms with E-state index < -0.39 is 0 Å². The largest absolute Gasteiger partial charge is 0.456 e. The highest BCUT2D eigenvalue weighted by Crippen LogP contribution is 2.29. The van der Waals surface area contributed by atoms with Crippen molar-refractivity contribution in [2.75, 3.05) is 0 Å². The van der Waals surface area contributed by atoms with Crippen molar-refractivity contribution in [3.63, 3.8) is 0 Å². The maximum atomic E-state index is 5.75. The molecular weight excluding hydrogens is 367 g/mol. The topological polar surface area (TPSA) is 9.23 Å². The molecule has 0 spiro atoms. The van der Waals surface area contributed by atoms with Gasteiger partial charge in [-0.1, -0.05) is 34.1 Å². The molecule has 0 aliphatic carbocycles. The summed E-state index contributed by atoms with van der Waals surface area (Å²) in [7, 11) is 0. The molecule has 0 aromatic heterocycles. The van der Waals surface area contributed by atoms with Gasteiger partial charge in [0.2, 0.25) is 0 Å². The van der Waals surface area contributed by atoms with Gasteiger partial charge in [-0.25, -0.2) is 0 Å². The molecule has 0 heterocycles. The van der Waals surface area contributed by atoms with E-state index in [0.29, 0.717) is 0 Å². The minimum absolute atomic E-state index is 0.855. The quantitative estimate of drug-likeness (QED) is 0.683. The standard InChI is InChI=1S/C12H8BrIO/c13-9-6-7-11(14)12(8-9)15-10-4-2-1-3-5-10/h1-8H. The highest BCUT2D eigenvalue weighted by Gasteiger charge is 2.02. The molecule has 2 aromatic carbocycles. The Morgan fingerprint density at radius 1 is 1.00 bits per heavy atom. The van der Waals surface area contributed by atoms with Crippen molar-refractivity contribution in [3.05, 3.63) is 56.6 Å². The first-order chi connectivity index (χ1) is 7.25. The Morgan fingerprint density at radius 3 is 2.47 bits per heavy atom. The van der Waals surface area contributed by atoms with E-state index in [0.717, 1.165) is 19.5 Å². The molecule has 15 heavy (non-hydrogen) atoms. The first kappa shape index (κ1) is 11.0. The summed E-state index contributed by atoms with van der Waals surface area (Å²) in [6.07, 6.45) is 0. The lowest BCUT2D eigenvalue weighted by Gasteiger charge is -2.07. The van der Waals surface area contributed by atoms with Crippen LogP contribution in [-0.4, -0.2) is 0 Å². The first-order valence-electron chi connectivity index (χ1n) is 4.43. The van der Waals surface area contributed by atoms with Gasteiger partial charge in [-0.2, -0.15) is 0 Å². The normalized spacial score (nSPS) is 10.0. The van der Waals surface area contributed by atoms with Gasteiger partial charge >= 0.3 is 0 Å². The monoisotopic (exact) mass is 374 g/mol. The number of hydrogen-bond donors (Lipinski definition) is 0. The number of hydrogen-bond acceptors (Lipinski definition) is 1. The summed E-state index contributed by atoms with van der Waals surface area (Å²) >= 11 is 5.68. The van der Waals surface area contributed by atoms with Crippen molar-refractivity contribution in [2.24, 2.45) is 0 Å². The SMILES string of the molecule is Brc1ccc(I)c(Oc2ccccc2)c1. The Hall–Kier alpha value is -0.550. The van der Waals surface area contributed by atoms with Gasteiger partial charge in [0.15, 0.2) is 0 Å². The number of rotatable bonds is 2. The van der Waals surface area contributed by atoms with Crippen LogP contribution in [0.1, 0.15) is 0 Å². The van der Waals surface area contributed by atoms with E-state index in [1.54, 1.807) is 0 Å². The van der Waals surface area contributed by atoms with Crippen LogP contribution in [0.25, 0.3) is 0 Å². The van der Waals surface area contributed by atoms with Crippen molar-refractivity contribution in [1.82, 2.24) is 0 Å². The molecule has 0 fully saturated rings. The molecule has 0 N–H and O–H groups in total. The van der Waals surface area contributed by atoms with E-state index in [4.69, 9.17) is 4.74 Å². The number of ether oxygens (including phenoxy) is 1. The van der Waals surface area contributed by atoms with E-state index in [-0.39, 0.29) is 0 Å². The number of benzene rings is 2. The summed E-state index contributed by atoms with van der Waals surface area (Å²) in [5.74, 6) is 1.73. The van der Waals surface area contributed by atoms with Crippen LogP contribution in [0, 0.1) is 3.57 Å². The van der Waals surface area contributed by atoms with Gasteiger partial charge in [0, 0.05) is 4.47 Å². The van der Waals surface area contributed by atoms with Crippen LogP contribution in [0.4, 0.5) is 0 Å². The molecule has 0 saturated heterocycles. The molecule has 0 aliphatic rings. The van der Waals surface area contributed by atoms with Gasteiger partial charge < -0.3 is 4.74 Å². The molecule has 0 radical (unpaired) electrons. The zero-order chi connectivity index (χ0) is 10.7. The third-order valence-electron chi connectivity index (χ3n) is 1.86. The fourth-order valence-electron chi connectivity index (χ4n) is 1.17. The summed E-state index contributed by atoms with van der Waals surface area (Å²) in [6.45, 7) is 0. The van der Waals surface area contributed by atoms with Crippen LogP contribution in [0.15, 0.2) is 53.0 Å². The fraction of sp³-hybridized carbons (Fsp3) is 0. The molecule has 0 amide bonds. The van der Waals surface area contributed by atoms with Crippen LogP contribution < -0.4 is 4.74 Å². The minimum atomic E-state index is 0.855. The predicted molar refractivity (Wildman–Crippen MR) is 73.4 cm³/mol.